The molecule has 2 heteroatoms. The van der Waals surface area contributed by atoms with Gasteiger partial charge in [0.2, 0.25) is 5.91 Å². The van der Waals surface area contributed by atoms with Crippen molar-refractivity contribution in [3.05, 3.63) is 0 Å². The second-order valence-corrected chi connectivity index (χ2v) is 5.32. The first-order chi connectivity index (χ1) is 5.82. The average Bonchev–Trinajstić information content (AvgIpc) is 1.79. The summed E-state index contributed by atoms with van der Waals surface area (Å²) in [5.74, 6) is 0.983. The van der Waals surface area contributed by atoms with Gasteiger partial charge in [0.1, 0.15) is 0 Å². The highest BCUT2D eigenvalue weighted by Crippen LogP contribution is 2.43. The smallest absolute Gasteiger partial charge is 0.219 e. The zero-order valence-corrected chi connectivity index (χ0v) is 9.42. The largest absolute Gasteiger partial charge is 0.343 e. The molecular formula is C11H21NO. The minimum absolute atomic E-state index is 0.192. The average molecular weight is 183 g/mol. The van der Waals surface area contributed by atoms with E-state index in [4.69, 9.17) is 0 Å². The molecule has 0 saturated heterocycles. The van der Waals surface area contributed by atoms with Crippen molar-refractivity contribution in [1.82, 2.24) is 4.90 Å². The van der Waals surface area contributed by atoms with Crippen LogP contribution >= 0.6 is 0 Å². The molecule has 1 amide bonds. The van der Waals surface area contributed by atoms with Gasteiger partial charge in [0.25, 0.3) is 0 Å². The molecule has 1 fully saturated rings. The molecule has 0 aromatic heterocycles. The fourth-order valence-corrected chi connectivity index (χ4v) is 1.87. The third kappa shape index (κ3) is 2.23. The number of carbonyl (C=O) groups excluding carboxylic acids is 1. The van der Waals surface area contributed by atoms with Crippen LogP contribution in [0.3, 0.4) is 0 Å². The summed E-state index contributed by atoms with van der Waals surface area (Å²) in [6.45, 7) is 8.48. The van der Waals surface area contributed by atoms with E-state index in [1.54, 1.807) is 6.92 Å². The Balaban J connectivity index is 2.38. The van der Waals surface area contributed by atoms with Crippen LogP contribution in [0, 0.1) is 11.3 Å². The lowest BCUT2D eigenvalue weighted by Crippen LogP contribution is -2.48. The van der Waals surface area contributed by atoms with Gasteiger partial charge in [-0.1, -0.05) is 20.8 Å². The summed E-state index contributed by atoms with van der Waals surface area (Å²) < 4.78 is 0. The van der Waals surface area contributed by atoms with Crippen molar-refractivity contribution in [1.29, 1.82) is 0 Å². The van der Waals surface area contributed by atoms with Crippen molar-refractivity contribution < 1.29 is 4.79 Å². The second kappa shape index (κ2) is 3.32. The Hall–Kier alpha value is -0.530. The van der Waals surface area contributed by atoms with E-state index in [1.165, 1.54) is 12.8 Å². The molecule has 0 radical (unpaired) electrons. The number of hydrogen-bond donors (Lipinski definition) is 0. The Bertz CT molecular complexity index is 199. The maximum atomic E-state index is 11.1. The van der Waals surface area contributed by atoms with Crippen LogP contribution in [0.5, 0.6) is 0 Å². The van der Waals surface area contributed by atoms with E-state index in [0.29, 0.717) is 11.5 Å². The van der Waals surface area contributed by atoms with Gasteiger partial charge in [0, 0.05) is 20.0 Å². The summed E-state index contributed by atoms with van der Waals surface area (Å²) >= 11 is 0. The van der Waals surface area contributed by atoms with Crippen molar-refractivity contribution in [2.75, 3.05) is 7.05 Å². The van der Waals surface area contributed by atoms with Crippen molar-refractivity contribution in [3.63, 3.8) is 0 Å². The number of rotatable bonds is 1. The Morgan fingerprint density at radius 3 is 2.08 bits per heavy atom. The van der Waals surface area contributed by atoms with Crippen LogP contribution in [0.1, 0.15) is 40.5 Å². The summed E-state index contributed by atoms with van der Waals surface area (Å²) in [6.07, 6.45) is 2.36. The standard InChI is InChI=1S/C11H21NO/c1-8(13)12(5)10-6-9(7-10)11(2,3)4/h9-10H,6-7H2,1-5H3. The molecule has 1 saturated carbocycles. The predicted octanol–water partition coefficient (Wildman–Crippen LogP) is 2.29. The quantitative estimate of drug-likeness (QED) is 0.611. The summed E-state index contributed by atoms with van der Waals surface area (Å²) in [4.78, 5) is 12.9. The maximum Gasteiger partial charge on any atom is 0.219 e. The highest BCUT2D eigenvalue weighted by atomic mass is 16.2. The Labute approximate surface area is 81.3 Å². The molecule has 76 valence electrons. The molecule has 13 heavy (non-hydrogen) atoms. The van der Waals surface area contributed by atoms with Gasteiger partial charge in [0.05, 0.1) is 0 Å². The minimum atomic E-state index is 0.192. The SMILES string of the molecule is CC(=O)N(C)C1CC(C(C)(C)C)C1. The molecular weight excluding hydrogens is 162 g/mol. The van der Waals surface area contributed by atoms with Gasteiger partial charge in [-0.2, -0.15) is 0 Å². The van der Waals surface area contributed by atoms with Crippen LogP contribution < -0.4 is 0 Å². The third-order valence-electron chi connectivity index (χ3n) is 3.38. The molecule has 0 atom stereocenters. The van der Waals surface area contributed by atoms with Crippen LogP contribution in [-0.4, -0.2) is 23.9 Å². The molecule has 1 aliphatic carbocycles. The number of nitrogens with zero attached hydrogens (tertiary/aromatic N) is 1. The Kier molecular flexibility index (Phi) is 2.69. The summed E-state index contributed by atoms with van der Waals surface area (Å²) in [7, 11) is 1.91. The molecule has 1 aliphatic rings. The van der Waals surface area contributed by atoms with E-state index in [9.17, 15) is 4.79 Å². The molecule has 0 aliphatic heterocycles. The molecule has 2 nitrogen and oxygen atoms in total. The van der Waals surface area contributed by atoms with Gasteiger partial charge >= 0.3 is 0 Å². The highest BCUT2D eigenvalue weighted by molar-refractivity contribution is 5.73. The van der Waals surface area contributed by atoms with Crippen LogP contribution in [0.25, 0.3) is 0 Å². The van der Waals surface area contributed by atoms with Gasteiger partial charge in [-0.25, -0.2) is 0 Å². The molecule has 0 bridgehead atoms. The highest BCUT2D eigenvalue weighted by Gasteiger charge is 2.39. The van der Waals surface area contributed by atoms with Gasteiger partial charge < -0.3 is 4.90 Å². The van der Waals surface area contributed by atoms with Crippen molar-refractivity contribution >= 4 is 5.91 Å². The van der Waals surface area contributed by atoms with E-state index in [1.807, 2.05) is 11.9 Å². The minimum Gasteiger partial charge on any atom is -0.343 e. The van der Waals surface area contributed by atoms with Gasteiger partial charge in [-0.05, 0) is 24.2 Å². The molecule has 1 rings (SSSR count). The first-order valence-electron chi connectivity index (χ1n) is 5.05. The van der Waals surface area contributed by atoms with E-state index in [2.05, 4.69) is 20.8 Å². The number of amides is 1. The number of carbonyl (C=O) groups is 1. The van der Waals surface area contributed by atoms with Gasteiger partial charge in [0.15, 0.2) is 0 Å². The van der Waals surface area contributed by atoms with Crippen molar-refractivity contribution in [3.8, 4) is 0 Å². The Morgan fingerprint density at radius 2 is 1.77 bits per heavy atom. The predicted molar refractivity (Wildman–Crippen MR) is 54.4 cm³/mol. The lowest BCUT2D eigenvalue weighted by Gasteiger charge is -2.47. The lowest BCUT2D eigenvalue weighted by molar-refractivity contribution is -0.133. The Morgan fingerprint density at radius 1 is 1.31 bits per heavy atom. The first kappa shape index (κ1) is 10.6. The zero-order valence-electron chi connectivity index (χ0n) is 9.42. The van der Waals surface area contributed by atoms with Crippen LogP contribution in [0.4, 0.5) is 0 Å². The van der Waals surface area contributed by atoms with Gasteiger partial charge in [-0.15, -0.1) is 0 Å². The second-order valence-electron chi connectivity index (χ2n) is 5.32. The van der Waals surface area contributed by atoms with Crippen molar-refractivity contribution in [2.45, 2.75) is 46.6 Å². The monoisotopic (exact) mass is 183 g/mol. The normalized spacial score (nSPS) is 28.1. The molecule has 0 N–H and O–H groups in total. The van der Waals surface area contributed by atoms with E-state index >= 15 is 0 Å². The summed E-state index contributed by atoms with van der Waals surface area (Å²) in [6, 6.07) is 0.502. The maximum absolute atomic E-state index is 11.1. The van der Waals surface area contributed by atoms with Gasteiger partial charge in [-0.3, -0.25) is 4.79 Å². The number of hydrogen-bond acceptors (Lipinski definition) is 1. The van der Waals surface area contributed by atoms with E-state index in [-0.39, 0.29) is 5.91 Å². The van der Waals surface area contributed by atoms with Crippen LogP contribution in [0.15, 0.2) is 0 Å². The summed E-state index contributed by atoms with van der Waals surface area (Å²) in [5.41, 5.74) is 0.411. The molecule has 0 heterocycles. The fraction of sp³-hybridized carbons (Fsp3) is 0.909. The third-order valence-corrected chi connectivity index (χ3v) is 3.38. The molecule has 0 aromatic carbocycles. The molecule has 0 spiro atoms. The molecule has 0 unspecified atom stereocenters. The summed E-state index contributed by atoms with van der Waals surface area (Å²) in [5, 5.41) is 0. The van der Waals surface area contributed by atoms with Crippen LogP contribution in [-0.2, 0) is 4.79 Å². The van der Waals surface area contributed by atoms with E-state index in [0.717, 1.165) is 5.92 Å². The lowest BCUT2D eigenvalue weighted by atomic mass is 9.65. The van der Waals surface area contributed by atoms with Crippen LogP contribution in [0.2, 0.25) is 0 Å². The molecule has 0 aromatic rings. The topological polar surface area (TPSA) is 20.3 Å². The van der Waals surface area contributed by atoms with E-state index < -0.39 is 0 Å². The first-order valence-corrected chi connectivity index (χ1v) is 5.05. The zero-order chi connectivity index (χ0) is 10.2. The fourth-order valence-electron chi connectivity index (χ4n) is 1.87. The van der Waals surface area contributed by atoms with Crippen molar-refractivity contribution in [2.24, 2.45) is 11.3 Å².